The van der Waals surface area contributed by atoms with E-state index in [0.717, 1.165) is 12.8 Å². The predicted molar refractivity (Wildman–Crippen MR) is 76.3 cm³/mol. The fourth-order valence-electron chi connectivity index (χ4n) is 2.53. The Hall–Kier alpha value is -0.630. The first kappa shape index (κ1) is 15.8. The molecule has 1 aromatic heterocycles. The molecule has 0 bridgehead atoms. The lowest BCUT2D eigenvalue weighted by Crippen LogP contribution is -2.43. The molecule has 1 saturated heterocycles. The van der Waals surface area contributed by atoms with Gasteiger partial charge in [-0.15, -0.1) is 11.6 Å². The van der Waals surface area contributed by atoms with Gasteiger partial charge in [-0.25, -0.2) is 8.42 Å². The molecule has 0 saturated carbocycles. The van der Waals surface area contributed by atoms with Crippen LogP contribution in [0.2, 0.25) is 0 Å². The highest BCUT2D eigenvalue weighted by molar-refractivity contribution is 7.89. The molecule has 1 unspecified atom stereocenters. The molecule has 0 aromatic carbocycles. The van der Waals surface area contributed by atoms with Gasteiger partial charge in [-0.05, 0) is 26.7 Å². The molecule has 0 radical (unpaired) electrons. The summed E-state index contributed by atoms with van der Waals surface area (Å²) in [5.74, 6) is 0.0711. The van der Waals surface area contributed by atoms with Crippen LogP contribution in [0, 0.1) is 6.92 Å². The zero-order valence-corrected chi connectivity index (χ0v) is 13.3. The topological polar surface area (TPSA) is 75.3 Å². The Morgan fingerprint density at radius 2 is 2.30 bits per heavy atom. The van der Waals surface area contributed by atoms with Gasteiger partial charge < -0.3 is 4.74 Å². The van der Waals surface area contributed by atoms with Gasteiger partial charge in [0.25, 0.3) is 0 Å². The van der Waals surface area contributed by atoms with E-state index in [0.29, 0.717) is 31.1 Å². The molecule has 1 aliphatic rings. The van der Waals surface area contributed by atoms with E-state index in [9.17, 15) is 8.42 Å². The van der Waals surface area contributed by atoms with Crippen LogP contribution in [-0.2, 0) is 20.6 Å². The quantitative estimate of drug-likeness (QED) is 0.837. The number of piperidine rings is 1. The van der Waals surface area contributed by atoms with Crippen LogP contribution in [-0.4, -0.2) is 48.7 Å². The molecule has 1 atom stereocenters. The maximum atomic E-state index is 12.8. The highest BCUT2D eigenvalue weighted by atomic mass is 35.5. The molecule has 2 rings (SSSR count). The number of hydrogen-bond acceptors (Lipinski definition) is 4. The van der Waals surface area contributed by atoms with Crippen LogP contribution in [0.15, 0.2) is 4.90 Å². The maximum Gasteiger partial charge on any atom is 0.246 e. The number of sulfonamides is 1. The van der Waals surface area contributed by atoms with Crippen molar-refractivity contribution in [3.63, 3.8) is 0 Å². The molecule has 114 valence electrons. The van der Waals surface area contributed by atoms with Gasteiger partial charge >= 0.3 is 0 Å². The monoisotopic (exact) mass is 321 g/mol. The number of aromatic amines is 1. The highest BCUT2D eigenvalue weighted by Gasteiger charge is 2.34. The lowest BCUT2D eigenvalue weighted by atomic mass is 10.1. The van der Waals surface area contributed by atoms with E-state index in [1.54, 1.807) is 6.92 Å². The van der Waals surface area contributed by atoms with E-state index in [1.807, 2.05) is 6.92 Å². The van der Waals surface area contributed by atoms with Gasteiger partial charge in [-0.2, -0.15) is 9.40 Å². The number of alkyl halides is 1. The van der Waals surface area contributed by atoms with E-state index in [4.69, 9.17) is 16.3 Å². The molecular weight excluding hydrogens is 302 g/mol. The van der Waals surface area contributed by atoms with Crippen molar-refractivity contribution in [2.24, 2.45) is 0 Å². The largest absolute Gasteiger partial charge is 0.377 e. The molecule has 0 amide bonds. The Bertz CT molecular complexity index is 556. The summed E-state index contributed by atoms with van der Waals surface area (Å²) < 4.78 is 32.5. The minimum atomic E-state index is -3.57. The zero-order valence-electron chi connectivity index (χ0n) is 11.7. The van der Waals surface area contributed by atoms with E-state index in [1.165, 1.54) is 4.31 Å². The molecule has 2 heterocycles. The second kappa shape index (κ2) is 6.43. The summed E-state index contributed by atoms with van der Waals surface area (Å²) in [6.45, 7) is 5.11. The number of hydrogen-bond donors (Lipinski definition) is 1. The molecule has 1 N–H and O–H groups in total. The van der Waals surface area contributed by atoms with Crippen LogP contribution in [0.1, 0.15) is 31.2 Å². The number of aryl methyl sites for hydroxylation is 1. The van der Waals surface area contributed by atoms with Crippen molar-refractivity contribution in [1.82, 2.24) is 14.5 Å². The smallest absolute Gasteiger partial charge is 0.246 e. The third kappa shape index (κ3) is 3.00. The lowest BCUT2D eigenvalue weighted by molar-refractivity contribution is 0.0265. The Balaban J connectivity index is 2.27. The Labute approximate surface area is 124 Å². The predicted octanol–water partition coefficient (Wildman–Crippen LogP) is 1.65. The van der Waals surface area contributed by atoms with E-state index in [2.05, 4.69) is 10.2 Å². The van der Waals surface area contributed by atoms with Crippen LogP contribution in [0.5, 0.6) is 0 Å². The molecular formula is C12H20ClN3O3S. The second-order valence-electron chi connectivity index (χ2n) is 4.84. The highest BCUT2D eigenvalue weighted by Crippen LogP contribution is 2.26. The number of H-pyrrole nitrogens is 1. The van der Waals surface area contributed by atoms with Gasteiger partial charge in [-0.3, -0.25) is 5.10 Å². The Morgan fingerprint density at radius 3 is 2.95 bits per heavy atom. The molecule has 1 fully saturated rings. The normalized spacial score (nSPS) is 21.2. The molecule has 8 heteroatoms. The summed E-state index contributed by atoms with van der Waals surface area (Å²) in [5.41, 5.74) is 0.905. The number of nitrogens with one attached hydrogen (secondary N) is 1. The fourth-order valence-corrected chi connectivity index (χ4v) is 4.64. The number of nitrogens with zero attached hydrogens (tertiary/aromatic N) is 2. The van der Waals surface area contributed by atoms with Crippen molar-refractivity contribution in [2.75, 3.05) is 19.7 Å². The Morgan fingerprint density at radius 1 is 1.55 bits per heavy atom. The SMILES string of the molecule is CCOC1CCCN(S(=O)(=O)c2c(CCl)n[nH]c2C)C1. The number of rotatable bonds is 5. The van der Waals surface area contributed by atoms with Crippen molar-refractivity contribution >= 4 is 21.6 Å². The summed E-state index contributed by atoms with van der Waals surface area (Å²) in [6.07, 6.45) is 1.67. The van der Waals surface area contributed by atoms with E-state index in [-0.39, 0.29) is 16.9 Å². The van der Waals surface area contributed by atoms with Crippen LogP contribution < -0.4 is 0 Å². The average molecular weight is 322 g/mol. The van der Waals surface area contributed by atoms with Gasteiger partial charge in [-0.1, -0.05) is 0 Å². The third-order valence-corrected chi connectivity index (χ3v) is 5.75. The van der Waals surface area contributed by atoms with Gasteiger partial charge in [0.1, 0.15) is 4.90 Å². The summed E-state index contributed by atoms with van der Waals surface area (Å²) in [5, 5.41) is 6.65. The first-order valence-electron chi connectivity index (χ1n) is 6.72. The maximum absolute atomic E-state index is 12.8. The second-order valence-corrected chi connectivity index (χ2v) is 6.98. The summed E-state index contributed by atoms with van der Waals surface area (Å²) >= 11 is 5.78. The zero-order chi connectivity index (χ0) is 14.8. The third-order valence-electron chi connectivity index (χ3n) is 3.43. The standard InChI is InChI=1S/C12H20ClN3O3S/c1-3-19-10-5-4-6-16(8-10)20(17,18)12-9(2)14-15-11(12)7-13/h10H,3-8H2,1-2H3,(H,14,15). The molecule has 1 aliphatic heterocycles. The van der Waals surface area contributed by atoms with Crippen LogP contribution in [0.4, 0.5) is 0 Å². The summed E-state index contributed by atoms with van der Waals surface area (Å²) in [4.78, 5) is 0.213. The van der Waals surface area contributed by atoms with E-state index < -0.39 is 10.0 Å². The fraction of sp³-hybridized carbons (Fsp3) is 0.750. The molecule has 6 nitrogen and oxygen atoms in total. The molecule has 20 heavy (non-hydrogen) atoms. The number of ether oxygens (including phenoxy) is 1. The average Bonchev–Trinajstić information content (AvgIpc) is 2.81. The van der Waals surface area contributed by atoms with Crippen molar-refractivity contribution < 1.29 is 13.2 Å². The van der Waals surface area contributed by atoms with Gasteiger partial charge in [0, 0.05) is 19.7 Å². The lowest BCUT2D eigenvalue weighted by Gasteiger charge is -2.31. The minimum absolute atomic E-state index is 0.0322. The van der Waals surface area contributed by atoms with Gasteiger partial charge in [0.15, 0.2) is 0 Å². The number of halogens is 1. The molecule has 0 spiro atoms. The van der Waals surface area contributed by atoms with Crippen molar-refractivity contribution in [3.05, 3.63) is 11.4 Å². The molecule has 0 aliphatic carbocycles. The minimum Gasteiger partial charge on any atom is -0.377 e. The van der Waals surface area contributed by atoms with Gasteiger partial charge in [0.2, 0.25) is 10.0 Å². The van der Waals surface area contributed by atoms with Gasteiger partial charge in [0.05, 0.1) is 23.4 Å². The first-order valence-corrected chi connectivity index (χ1v) is 8.69. The van der Waals surface area contributed by atoms with Crippen LogP contribution in [0.3, 0.4) is 0 Å². The van der Waals surface area contributed by atoms with Crippen LogP contribution >= 0.6 is 11.6 Å². The van der Waals surface area contributed by atoms with Crippen molar-refractivity contribution in [2.45, 2.75) is 43.6 Å². The van der Waals surface area contributed by atoms with Crippen molar-refractivity contribution in [3.8, 4) is 0 Å². The Kier molecular flexibility index (Phi) is 5.06. The number of aromatic nitrogens is 2. The molecule has 1 aromatic rings. The summed E-state index contributed by atoms with van der Waals surface area (Å²) in [7, 11) is -3.57. The summed E-state index contributed by atoms with van der Waals surface area (Å²) in [6, 6.07) is 0. The van der Waals surface area contributed by atoms with E-state index >= 15 is 0 Å². The first-order chi connectivity index (χ1) is 9.50. The van der Waals surface area contributed by atoms with Crippen molar-refractivity contribution in [1.29, 1.82) is 0 Å². The van der Waals surface area contributed by atoms with Crippen LogP contribution in [0.25, 0.3) is 0 Å².